The van der Waals surface area contributed by atoms with Gasteiger partial charge in [-0.1, -0.05) is 108 Å². The number of rotatable bonds is 60. The van der Waals surface area contributed by atoms with Gasteiger partial charge in [0.05, 0.1) is 39.1 Å². The lowest BCUT2D eigenvalue weighted by molar-refractivity contribution is -0.119. The molecule has 2 aliphatic rings. The highest BCUT2D eigenvalue weighted by Crippen LogP contribution is 2.13. The highest BCUT2D eigenvalue weighted by Gasteiger charge is 2.20. The molecule has 2 aromatic carbocycles. The van der Waals surface area contributed by atoms with E-state index in [-0.39, 0.29) is 162 Å². The van der Waals surface area contributed by atoms with E-state index >= 15 is 0 Å². The van der Waals surface area contributed by atoms with Crippen LogP contribution in [0.2, 0.25) is 0 Å². The minimum atomic E-state index is -0.871. The van der Waals surface area contributed by atoms with Crippen LogP contribution in [0.1, 0.15) is 266 Å². The minimum absolute atomic E-state index is 0.0165. The van der Waals surface area contributed by atoms with Gasteiger partial charge in [0, 0.05) is 215 Å². The van der Waals surface area contributed by atoms with Crippen molar-refractivity contribution in [1.82, 2.24) is 14.7 Å². The topological polar surface area (TPSA) is 962 Å². The highest BCUT2D eigenvalue weighted by molar-refractivity contribution is 5.78. The number of nitrogens with zero attached hydrogens (tertiary/aromatic N) is 3. The number of piperazine rings is 1. The molecule has 2 saturated heterocycles. The average molecular weight is 2050 g/mol. The van der Waals surface area contributed by atoms with E-state index in [9.17, 15) is 67.1 Å². The molecular weight excluding hydrogens is 1850 g/mol. The summed E-state index contributed by atoms with van der Waals surface area (Å²) in [5.74, 6) is -2.44. The lowest BCUT2D eigenvalue weighted by atomic mass is 10.0. The van der Waals surface area contributed by atoms with Crippen molar-refractivity contribution >= 4 is 82.8 Å². The predicted octanol–water partition coefficient (Wildman–Crippen LogP) is -2.29. The molecule has 13 amide bonds. The molecule has 143 heavy (non-hydrogen) atoms. The van der Waals surface area contributed by atoms with E-state index in [4.69, 9.17) is 158 Å². The second kappa shape index (κ2) is 99.6. The van der Waals surface area contributed by atoms with Crippen LogP contribution in [0.15, 0.2) is 60.7 Å². The summed E-state index contributed by atoms with van der Waals surface area (Å²) in [5, 5.41) is 0. The number of carbonyl (C=O) groups is 14. The van der Waals surface area contributed by atoms with Gasteiger partial charge in [-0.15, -0.1) is 0 Å². The Balaban J connectivity index is -0.000000233. The zero-order valence-corrected chi connectivity index (χ0v) is 88.0. The molecule has 13 unspecified atom stereocenters. The number of hydrogen-bond acceptors (Lipinski definition) is 34. The summed E-state index contributed by atoms with van der Waals surface area (Å²) in [6.45, 7) is 29.0. The van der Waals surface area contributed by atoms with Gasteiger partial charge in [0.2, 0.25) is 70.9 Å². The number of primary amides is 13. The number of likely N-dealkylation sites (N-methyl/N-ethyl adjacent to an activating group) is 1. The van der Waals surface area contributed by atoms with Gasteiger partial charge in [-0.05, 0) is 154 Å². The van der Waals surface area contributed by atoms with E-state index in [1.807, 2.05) is 95.3 Å². The van der Waals surface area contributed by atoms with Crippen LogP contribution in [-0.4, -0.2) is 268 Å². The predicted molar refractivity (Wildman–Crippen MR) is 565 cm³/mol. The quantitative estimate of drug-likeness (QED) is 0.0331. The molecule has 13 atom stereocenters. The summed E-state index contributed by atoms with van der Waals surface area (Å²) in [6.07, 6.45) is 16.3. The number of benzene rings is 2. The second-order valence-electron chi connectivity index (χ2n) is 36.6. The van der Waals surface area contributed by atoms with Gasteiger partial charge in [0.25, 0.3) is 0 Å². The van der Waals surface area contributed by atoms with Gasteiger partial charge in [-0.3, -0.25) is 67.3 Å². The van der Waals surface area contributed by atoms with Gasteiger partial charge >= 0.3 is 6.09 Å². The molecule has 0 radical (unpaired) electrons. The minimum Gasteiger partial charge on any atom is -0.448 e. The third kappa shape index (κ3) is 130. The van der Waals surface area contributed by atoms with Crippen molar-refractivity contribution in [3.05, 3.63) is 71.8 Å². The fourth-order valence-electron chi connectivity index (χ4n) is 11.4. The molecule has 4 rings (SSSR count). The Labute approximate surface area is 851 Å². The number of ether oxygens (including phenoxy) is 4. The van der Waals surface area contributed by atoms with Crippen molar-refractivity contribution in [2.24, 2.45) is 161 Å². The second-order valence-corrected chi connectivity index (χ2v) is 36.6. The Morgan fingerprint density at radius 2 is 0.643 bits per heavy atom. The summed E-state index contributed by atoms with van der Waals surface area (Å²) in [7, 11) is 2.13. The molecule has 0 aliphatic carbocycles. The van der Waals surface area contributed by atoms with Crippen LogP contribution in [0.4, 0.5) is 4.79 Å². The Kier molecular flexibility index (Phi) is 103. The summed E-state index contributed by atoms with van der Waals surface area (Å²) in [4.78, 5) is 152. The Morgan fingerprint density at radius 3 is 0.965 bits per heavy atom. The number of ketones is 1. The maximum absolute atomic E-state index is 10.6. The van der Waals surface area contributed by atoms with Gasteiger partial charge in [0.1, 0.15) is 12.4 Å². The molecule has 47 nitrogen and oxygen atoms in total. The van der Waals surface area contributed by atoms with Gasteiger partial charge in [-0.2, -0.15) is 0 Å². The fourth-order valence-corrected chi connectivity index (χ4v) is 11.4. The molecule has 2 aliphatic heterocycles. The Bertz CT molecular complexity index is 3450. The van der Waals surface area contributed by atoms with E-state index in [1.165, 1.54) is 6.92 Å². The van der Waals surface area contributed by atoms with Crippen molar-refractivity contribution < 1.29 is 86.1 Å². The van der Waals surface area contributed by atoms with E-state index in [0.717, 1.165) is 109 Å². The van der Waals surface area contributed by atoms with Crippen molar-refractivity contribution in [2.75, 3.05) is 92.4 Å². The Hall–Kier alpha value is -9.74. The highest BCUT2D eigenvalue weighted by atomic mass is 16.5. The van der Waals surface area contributed by atoms with E-state index < -0.39 is 12.0 Å². The summed E-state index contributed by atoms with van der Waals surface area (Å²) >= 11 is 0. The molecule has 47 heteroatoms. The fraction of sp³-hybridized carbons (Fsp3) is 0.729. The number of hydrogen-bond donors (Lipinski definition) is 26. The van der Waals surface area contributed by atoms with Gasteiger partial charge in [0.15, 0.2) is 0 Å². The largest absolute Gasteiger partial charge is 0.448 e. The molecule has 52 N–H and O–H groups in total. The molecule has 0 saturated carbocycles. The first-order chi connectivity index (χ1) is 66.7. The van der Waals surface area contributed by atoms with Crippen LogP contribution >= 0.6 is 0 Å². The molecule has 2 fully saturated rings. The first-order valence-electron chi connectivity index (χ1n) is 49.3. The number of unbranched alkanes of at least 4 members (excludes halogenated alkanes) is 1. The molecule has 0 aromatic heterocycles. The lowest BCUT2D eigenvalue weighted by Crippen LogP contribution is -2.48. The molecule has 2 heterocycles. The molecule has 0 spiro atoms. The summed E-state index contributed by atoms with van der Waals surface area (Å²) in [6, 6.07) is 19.6. The van der Waals surface area contributed by atoms with E-state index in [2.05, 4.69) is 53.0 Å². The van der Waals surface area contributed by atoms with Crippen LogP contribution in [0.5, 0.6) is 0 Å². The van der Waals surface area contributed by atoms with Crippen LogP contribution in [0.3, 0.4) is 0 Å². The Morgan fingerprint density at radius 1 is 0.343 bits per heavy atom. The lowest BCUT2D eigenvalue weighted by Gasteiger charge is -2.33. The number of morpholine rings is 1. The van der Waals surface area contributed by atoms with Crippen LogP contribution in [0, 0.1) is 11.8 Å². The SMILES string of the molecule is CC(=O)CCC(N)CCC(N)=O.CC(C)C(N)CCC(N)=O.CC(C)CC(N)CCC(N)=O.CC(N)CCC(N)=O.CC(N)CCC(N)=O.CC(OCc1ccccc1)C(N)CCC(N)=O.CCCCC(N)CCC(N)=O.CN1CCN(CC(N)CCC(N)=O)CC1.NC(=O)CCC(N)CN1CCOCC1.NC(=O)CCC(N)COC(N)=O.NC(=O)CCC(N)COCc1ccccc1.NCC(N)CCC(N)=O. The first-order valence-corrected chi connectivity index (χ1v) is 49.3. The molecular formula is C96H197N29O18. The maximum atomic E-state index is 10.6. The zero-order valence-electron chi connectivity index (χ0n) is 88.0. The first kappa shape index (κ1) is 149. The van der Waals surface area contributed by atoms with Gasteiger partial charge < -0.3 is 178 Å². The normalized spacial score (nSPS) is 14.7. The summed E-state index contributed by atoms with van der Waals surface area (Å²) < 4.78 is 20.7. The smallest absolute Gasteiger partial charge is 0.404 e. The number of amides is 13. The maximum Gasteiger partial charge on any atom is 0.404 e. The number of Topliss-reactive ketones (excluding diaryl/α,β-unsaturated/α-hetero) is 1. The van der Waals surface area contributed by atoms with E-state index in [1.54, 1.807) is 0 Å². The third-order valence-electron chi connectivity index (χ3n) is 20.5. The number of carbonyl (C=O) groups excluding carboxylic acids is 14. The average Bonchev–Trinajstić information content (AvgIpc) is 0.934. The monoisotopic (exact) mass is 2040 g/mol. The molecule has 2 aromatic rings. The van der Waals surface area contributed by atoms with Crippen LogP contribution < -0.4 is 149 Å². The van der Waals surface area contributed by atoms with E-state index in [0.29, 0.717) is 192 Å². The zero-order chi connectivity index (χ0) is 111. The van der Waals surface area contributed by atoms with Crippen LogP contribution in [-0.2, 0) is 94.5 Å². The van der Waals surface area contributed by atoms with Crippen molar-refractivity contribution in [2.45, 2.75) is 347 Å². The molecule has 834 valence electrons. The van der Waals surface area contributed by atoms with Crippen molar-refractivity contribution in [3.63, 3.8) is 0 Å². The van der Waals surface area contributed by atoms with Crippen molar-refractivity contribution in [1.29, 1.82) is 0 Å². The molecule has 0 bridgehead atoms. The van der Waals surface area contributed by atoms with Crippen LogP contribution in [0.25, 0.3) is 0 Å². The standard InChI is InChI=1S/C13H20N2O2.C12H18N2O2.C10H22N4O.C9H19N3O2.C8H16N2O2.2C8H18N2O.C7H16N2O.C6H13N3O3.C5H13N3O.2C5H12N2O/c1-10(12(14)7-8-13(15)16)17-9-11-5-3-2-4-6-11;13-11(6-7-12(14)15)9-16-8-10-4-2-1-3-5-10;1-13-4-6-14(7-5-13)8-9(11)2-3-10(12)15;10-8(1-2-9(11)13)7-12-3-5-14-6-4-12;1-6(11)2-3-7(9)4-5-8(10)12;1-6(2)5-7(9)3-4-8(10)11;1-2-3-4-7(9)5-6-8(10)11;1-5(2)6(8)3-4-7(9)10;7-4(1-2-5(8)10)3-12-6(9)11;6-3-4(7)1-2-5(8)9;2*1-4(6)2-3-5(7)8/h2-6,10,12H,7-9,14H2,1H3,(H2,15,16);1-5,11H,6-9,13H2,(H2,14,15);9H,2-8,11H2,1H3,(H2,12,15);8H,1-7,10H2,(H2,11,13);7H,2-5,9H2,1H3,(H2,10,12);6-7H,3-5,9H2,1-2H3,(H2,10,11);7H,2-6,9H2,1H3,(H2,10,11);5-6H,3-4,8H2,1-2H3,(H2,9,10);4H,1-3,7H2,(H2,8,10)(H2,9,11);4H,1-3,6-7H2,(H2,8,9);2*4H,2-3,6H2,1H3,(H2,7,8). The summed E-state index contributed by atoms with van der Waals surface area (Å²) in [5.41, 5.74) is 139. The third-order valence-corrected chi connectivity index (χ3v) is 20.5. The number of nitrogens with two attached hydrogens (primary N) is 26. The van der Waals surface area contributed by atoms with Gasteiger partial charge in [-0.25, -0.2) is 4.79 Å². The van der Waals surface area contributed by atoms with Crippen molar-refractivity contribution in [3.8, 4) is 0 Å².